The van der Waals surface area contributed by atoms with Crippen molar-refractivity contribution in [1.82, 2.24) is 14.9 Å². The van der Waals surface area contributed by atoms with Crippen LogP contribution in [-0.2, 0) is 0 Å². The third-order valence-corrected chi connectivity index (χ3v) is 5.93. The van der Waals surface area contributed by atoms with E-state index in [4.69, 9.17) is 0 Å². The summed E-state index contributed by atoms with van der Waals surface area (Å²) < 4.78 is 0. The zero-order valence-electron chi connectivity index (χ0n) is 16.6. The lowest BCUT2D eigenvalue weighted by Gasteiger charge is -2.37. The Bertz CT molecular complexity index is 789. The molecule has 0 bridgehead atoms. The van der Waals surface area contributed by atoms with E-state index >= 15 is 0 Å². The first-order valence-electron chi connectivity index (χ1n) is 10.4. The quantitative estimate of drug-likeness (QED) is 0.816. The minimum Gasteiger partial charge on any atom is -0.353 e. The van der Waals surface area contributed by atoms with E-state index in [1.165, 1.54) is 6.42 Å². The van der Waals surface area contributed by atoms with Gasteiger partial charge >= 0.3 is 0 Å². The number of carbonyl (C=O) groups excluding carboxylic acids is 1. The second-order valence-corrected chi connectivity index (χ2v) is 7.62. The summed E-state index contributed by atoms with van der Waals surface area (Å²) in [6.45, 7) is 6.61. The molecule has 0 aromatic carbocycles. The highest BCUT2D eigenvalue weighted by molar-refractivity contribution is 5.95. The van der Waals surface area contributed by atoms with Gasteiger partial charge in [-0.15, -0.1) is 0 Å². The van der Waals surface area contributed by atoms with Crippen molar-refractivity contribution in [3.8, 4) is 0 Å². The molecule has 1 unspecified atom stereocenters. The van der Waals surface area contributed by atoms with E-state index < -0.39 is 0 Å². The Morgan fingerprint density at radius 1 is 0.964 bits per heavy atom. The minimum absolute atomic E-state index is 0.155. The highest BCUT2D eigenvalue weighted by Crippen LogP contribution is 2.23. The van der Waals surface area contributed by atoms with Gasteiger partial charge in [-0.2, -0.15) is 0 Å². The molecule has 28 heavy (non-hydrogen) atoms. The SMILES string of the molecule is CCC1CCCCN1C(=O)c1ccnc(N2CCN(c3ccccn3)CC2)c1. The number of amides is 1. The molecule has 2 aliphatic rings. The first-order chi connectivity index (χ1) is 13.8. The van der Waals surface area contributed by atoms with E-state index in [0.717, 1.165) is 69.2 Å². The van der Waals surface area contributed by atoms with Gasteiger partial charge in [0.05, 0.1) is 0 Å². The Hall–Kier alpha value is -2.63. The summed E-state index contributed by atoms with van der Waals surface area (Å²) in [7, 11) is 0. The first kappa shape index (κ1) is 18.7. The summed E-state index contributed by atoms with van der Waals surface area (Å²) >= 11 is 0. The summed E-state index contributed by atoms with van der Waals surface area (Å²) in [6, 6.07) is 10.2. The zero-order chi connectivity index (χ0) is 19.3. The van der Waals surface area contributed by atoms with E-state index in [-0.39, 0.29) is 5.91 Å². The fourth-order valence-electron chi connectivity index (χ4n) is 4.29. The van der Waals surface area contributed by atoms with Crippen molar-refractivity contribution in [1.29, 1.82) is 0 Å². The maximum Gasteiger partial charge on any atom is 0.254 e. The summed E-state index contributed by atoms with van der Waals surface area (Å²) in [5.41, 5.74) is 0.762. The van der Waals surface area contributed by atoms with Gasteiger partial charge in [0.1, 0.15) is 11.6 Å². The molecule has 0 aliphatic carbocycles. The predicted molar refractivity (Wildman–Crippen MR) is 112 cm³/mol. The smallest absolute Gasteiger partial charge is 0.254 e. The average molecular weight is 380 g/mol. The average Bonchev–Trinajstić information content (AvgIpc) is 2.79. The third kappa shape index (κ3) is 3.96. The molecule has 6 nitrogen and oxygen atoms in total. The number of pyridine rings is 2. The molecule has 1 atom stereocenters. The van der Waals surface area contributed by atoms with Gasteiger partial charge in [0.15, 0.2) is 0 Å². The van der Waals surface area contributed by atoms with Gasteiger partial charge in [-0.1, -0.05) is 13.0 Å². The number of piperidine rings is 1. The van der Waals surface area contributed by atoms with Crippen LogP contribution < -0.4 is 9.80 Å². The molecule has 0 N–H and O–H groups in total. The van der Waals surface area contributed by atoms with Crippen LogP contribution in [0.5, 0.6) is 0 Å². The first-order valence-corrected chi connectivity index (χ1v) is 10.4. The molecule has 2 saturated heterocycles. The summed E-state index contributed by atoms with van der Waals surface area (Å²) in [5, 5.41) is 0. The highest BCUT2D eigenvalue weighted by Gasteiger charge is 2.27. The van der Waals surface area contributed by atoms with Crippen molar-refractivity contribution >= 4 is 17.5 Å². The maximum atomic E-state index is 13.1. The number of carbonyl (C=O) groups is 1. The second kappa shape index (κ2) is 8.59. The van der Waals surface area contributed by atoms with E-state index in [1.54, 1.807) is 6.20 Å². The molecule has 148 valence electrons. The van der Waals surface area contributed by atoms with E-state index in [9.17, 15) is 4.79 Å². The normalized spacial score (nSPS) is 20.3. The molecule has 0 saturated carbocycles. The maximum absolute atomic E-state index is 13.1. The van der Waals surface area contributed by atoms with Crippen LogP contribution in [0.15, 0.2) is 42.7 Å². The van der Waals surface area contributed by atoms with Crippen LogP contribution in [0.4, 0.5) is 11.6 Å². The van der Waals surface area contributed by atoms with Crippen LogP contribution in [0.2, 0.25) is 0 Å². The molecular formula is C22H29N5O. The van der Waals surface area contributed by atoms with Crippen LogP contribution in [-0.4, -0.2) is 59.5 Å². The van der Waals surface area contributed by atoms with Crippen molar-refractivity contribution in [3.63, 3.8) is 0 Å². The number of rotatable bonds is 4. The second-order valence-electron chi connectivity index (χ2n) is 7.62. The Morgan fingerprint density at radius 3 is 2.43 bits per heavy atom. The van der Waals surface area contributed by atoms with Gasteiger partial charge in [-0.05, 0) is 49.9 Å². The molecule has 6 heteroatoms. The summed E-state index contributed by atoms with van der Waals surface area (Å²) in [5.74, 6) is 2.08. The number of nitrogens with zero attached hydrogens (tertiary/aromatic N) is 5. The molecule has 4 rings (SSSR count). The predicted octanol–water partition coefficient (Wildman–Crippen LogP) is 3.21. The molecule has 2 aromatic rings. The van der Waals surface area contributed by atoms with Crippen LogP contribution in [0.25, 0.3) is 0 Å². The molecule has 0 radical (unpaired) electrons. The number of likely N-dealkylation sites (tertiary alicyclic amines) is 1. The Balaban J connectivity index is 1.43. The molecule has 1 amide bonds. The summed E-state index contributed by atoms with van der Waals surface area (Å²) in [4.78, 5) is 28.7. The highest BCUT2D eigenvalue weighted by atomic mass is 16.2. The molecule has 2 aromatic heterocycles. The fraction of sp³-hybridized carbons (Fsp3) is 0.500. The van der Waals surface area contributed by atoms with Gasteiger partial charge in [0, 0.05) is 56.7 Å². The van der Waals surface area contributed by atoms with Crippen LogP contribution in [0.3, 0.4) is 0 Å². The largest absolute Gasteiger partial charge is 0.353 e. The van der Waals surface area contributed by atoms with Gasteiger partial charge in [0.2, 0.25) is 0 Å². The molecule has 4 heterocycles. The van der Waals surface area contributed by atoms with Crippen molar-refractivity contribution in [2.24, 2.45) is 0 Å². The number of piperazine rings is 1. The number of anilines is 2. The van der Waals surface area contributed by atoms with Gasteiger partial charge in [0.25, 0.3) is 5.91 Å². The van der Waals surface area contributed by atoms with Crippen molar-refractivity contribution in [2.45, 2.75) is 38.6 Å². The lowest BCUT2D eigenvalue weighted by Crippen LogP contribution is -2.47. The van der Waals surface area contributed by atoms with Gasteiger partial charge in [-0.25, -0.2) is 9.97 Å². The zero-order valence-corrected chi connectivity index (χ0v) is 16.6. The Labute approximate surface area is 167 Å². The third-order valence-electron chi connectivity index (χ3n) is 5.93. The van der Waals surface area contributed by atoms with E-state index in [1.807, 2.05) is 30.5 Å². The Kier molecular flexibility index (Phi) is 5.74. The van der Waals surface area contributed by atoms with Crippen molar-refractivity contribution in [3.05, 3.63) is 48.3 Å². The monoisotopic (exact) mass is 379 g/mol. The summed E-state index contributed by atoms with van der Waals surface area (Å²) in [6.07, 6.45) is 8.09. The molecule has 2 aliphatic heterocycles. The fourth-order valence-corrected chi connectivity index (χ4v) is 4.29. The van der Waals surface area contributed by atoms with Gasteiger partial charge in [-0.3, -0.25) is 4.79 Å². The van der Waals surface area contributed by atoms with E-state index in [2.05, 4.69) is 37.7 Å². The molecule has 2 fully saturated rings. The molecule has 0 spiro atoms. The minimum atomic E-state index is 0.155. The Morgan fingerprint density at radius 2 is 1.71 bits per heavy atom. The molecular weight excluding hydrogens is 350 g/mol. The van der Waals surface area contributed by atoms with Gasteiger partial charge < -0.3 is 14.7 Å². The lowest BCUT2D eigenvalue weighted by molar-refractivity contribution is 0.0608. The van der Waals surface area contributed by atoms with Crippen LogP contribution in [0, 0.1) is 0 Å². The van der Waals surface area contributed by atoms with E-state index in [0.29, 0.717) is 6.04 Å². The van der Waals surface area contributed by atoms with Crippen LogP contribution in [0.1, 0.15) is 43.0 Å². The number of aromatic nitrogens is 2. The number of hydrogen-bond acceptors (Lipinski definition) is 5. The standard InChI is InChI=1S/C22H29N5O/c1-2-19-7-4-6-12-27(19)22(28)18-9-11-24-21(17-18)26-15-13-25(14-16-26)20-8-3-5-10-23-20/h3,5,8-11,17,19H,2,4,6-7,12-16H2,1H3. The lowest BCUT2D eigenvalue weighted by atomic mass is 9.99. The van der Waals surface area contributed by atoms with Crippen molar-refractivity contribution < 1.29 is 4.79 Å². The number of hydrogen-bond donors (Lipinski definition) is 0. The topological polar surface area (TPSA) is 52.6 Å². The van der Waals surface area contributed by atoms with Crippen LogP contribution >= 0.6 is 0 Å². The van der Waals surface area contributed by atoms with Crippen molar-refractivity contribution in [2.75, 3.05) is 42.5 Å².